The molecule has 8 heteroatoms. The van der Waals surface area contributed by atoms with E-state index in [9.17, 15) is 14.9 Å². The Kier molecular flexibility index (Phi) is 7.03. The highest BCUT2D eigenvalue weighted by Gasteiger charge is 2.27. The number of thiophene rings is 1. The smallest absolute Gasteiger partial charge is 0.225 e. The van der Waals surface area contributed by atoms with Crippen molar-refractivity contribution in [3.8, 4) is 6.07 Å². The second kappa shape index (κ2) is 10.1. The summed E-state index contributed by atoms with van der Waals surface area (Å²) in [5.74, 6) is 0.756. The van der Waals surface area contributed by atoms with Crippen molar-refractivity contribution in [2.45, 2.75) is 70.9 Å². The molecule has 1 fully saturated rings. The third-order valence-electron chi connectivity index (χ3n) is 6.42. The van der Waals surface area contributed by atoms with Gasteiger partial charge in [-0.15, -0.1) is 11.3 Å². The molecule has 1 aliphatic heterocycles. The van der Waals surface area contributed by atoms with Gasteiger partial charge in [0.05, 0.1) is 18.4 Å². The minimum absolute atomic E-state index is 0.00562. The highest BCUT2D eigenvalue weighted by Crippen LogP contribution is 2.37. The number of nitrogens with zero attached hydrogens (tertiary/aromatic N) is 4. The Morgan fingerprint density at radius 2 is 2.10 bits per heavy atom. The summed E-state index contributed by atoms with van der Waals surface area (Å²) in [6.07, 6.45) is 14.1. The van der Waals surface area contributed by atoms with Crippen molar-refractivity contribution in [3.63, 3.8) is 0 Å². The van der Waals surface area contributed by atoms with Crippen molar-refractivity contribution in [2.75, 3.05) is 11.9 Å². The van der Waals surface area contributed by atoms with Crippen LogP contribution in [0.4, 0.5) is 5.00 Å². The summed E-state index contributed by atoms with van der Waals surface area (Å²) in [4.78, 5) is 32.0. The summed E-state index contributed by atoms with van der Waals surface area (Å²) < 4.78 is 1.90. The number of fused-ring (bicyclic) bond motifs is 1. The molecule has 0 spiro atoms. The predicted octanol–water partition coefficient (Wildman–Crippen LogP) is 4.09. The molecule has 1 N–H and O–H groups in total. The number of hydrogen-bond acceptors (Lipinski definition) is 5. The molecular formula is C23H29N5O2S. The van der Waals surface area contributed by atoms with Gasteiger partial charge in [-0.1, -0.05) is 32.1 Å². The van der Waals surface area contributed by atoms with E-state index in [1.165, 1.54) is 43.4 Å². The predicted molar refractivity (Wildman–Crippen MR) is 119 cm³/mol. The van der Waals surface area contributed by atoms with Gasteiger partial charge in [0.15, 0.2) is 0 Å². The van der Waals surface area contributed by atoms with Crippen molar-refractivity contribution in [3.05, 3.63) is 34.7 Å². The minimum Gasteiger partial charge on any atom is -0.337 e. The van der Waals surface area contributed by atoms with Gasteiger partial charge in [0, 0.05) is 43.2 Å². The molecule has 2 aromatic heterocycles. The fourth-order valence-electron chi connectivity index (χ4n) is 4.62. The molecule has 0 bridgehead atoms. The molecule has 0 radical (unpaired) electrons. The van der Waals surface area contributed by atoms with Crippen LogP contribution < -0.4 is 5.32 Å². The van der Waals surface area contributed by atoms with Crippen molar-refractivity contribution < 1.29 is 9.59 Å². The zero-order valence-electron chi connectivity index (χ0n) is 17.8. The average Bonchev–Trinajstić information content (AvgIpc) is 3.43. The molecule has 1 aliphatic carbocycles. The van der Waals surface area contributed by atoms with Crippen LogP contribution in [0.1, 0.15) is 67.4 Å². The van der Waals surface area contributed by atoms with Crippen LogP contribution in [-0.4, -0.2) is 32.8 Å². The van der Waals surface area contributed by atoms with Crippen molar-refractivity contribution >= 4 is 28.2 Å². The highest BCUT2D eigenvalue weighted by atomic mass is 32.1. The molecule has 0 saturated heterocycles. The summed E-state index contributed by atoms with van der Waals surface area (Å²) in [6, 6.07) is 2.28. The zero-order valence-corrected chi connectivity index (χ0v) is 18.6. The Morgan fingerprint density at radius 3 is 2.84 bits per heavy atom. The van der Waals surface area contributed by atoms with Crippen LogP contribution in [0.2, 0.25) is 0 Å². The topological polar surface area (TPSA) is 91.0 Å². The number of hydrogen-bond donors (Lipinski definition) is 1. The van der Waals surface area contributed by atoms with Crippen LogP contribution in [0.25, 0.3) is 0 Å². The van der Waals surface area contributed by atoms with E-state index in [1.54, 1.807) is 12.5 Å². The molecule has 3 heterocycles. The summed E-state index contributed by atoms with van der Waals surface area (Å²) in [5, 5.41) is 13.3. The van der Waals surface area contributed by atoms with E-state index in [0.717, 1.165) is 16.9 Å². The Balaban J connectivity index is 1.34. The van der Waals surface area contributed by atoms with Crippen molar-refractivity contribution in [1.82, 2.24) is 14.5 Å². The van der Waals surface area contributed by atoms with E-state index >= 15 is 0 Å². The lowest BCUT2D eigenvalue weighted by atomic mass is 9.86. The summed E-state index contributed by atoms with van der Waals surface area (Å²) in [7, 11) is 0. The highest BCUT2D eigenvalue weighted by molar-refractivity contribution is 7.16. The second-order valence-electron chi connectivity index (χ2n) is 8.53. The maximum Gasteiger partial charge on any atom is 0.225 e. The number of amides is 2. The van der Waals surface area contributed by atoms with E-state index in [1.807, 2.05) is 15.7 Å². The molecule has 2 aliphatic rings. The van der Waals surface area contributed by atoms with Gasteiger partial charge in [-0.25, -0.2) is 4.98 Å². The van der Waals surface area contributed by atoms with E-state index in [4.69, 9.17) is 0 Å². The van der Waals surface area contributed by atoms with E-state index in [0.29, 0.717) is 55.4 Å². The Labute approximate surface area is 187 Å². The van der Waals surface area contributed by atoms with Gasteiger partial charge in [0.1, 0.15) is 11.1 Å². The molecule has 0 unspecified atom stereocenters. The van der Waals surface area contributed by atoms with Gasteiger partial charge >= 0.3 is 0 Å². The minimum atomic E-state index is -0.00562. The standard InChI is InChI=1S/C23H29N5O2S/c24-14-19-18-8-12-28(22(30)9-11-27-13-10-25-16-27)15-20(18)31-23(19)26-21(29)7-6-17-4-2-1-3-5-17/h10,13,16-17H,1-9,11-12,15H2,(H,26,29). The van der Waals surface area contributed by atoms with Crippen molar-refractivity contribution in [2.24, 2.45) is 5.92 Å². The summed E-state index contributed by atoms with van der Waals surface area (Å²) in [5.41, 5.74) is 1.57. The first-order valence-corrected chi connectivity index (χ1v) is 12.0. The Hall–Kier alpha value is -2.66. The fraction of sp³-hybridized carbons (Fsp3) is 0.565. The zero-order chi connectivity index (χ0) is 21.6. The van der Waals surface area contributed by atoms with Crippen molar-refractivity contribution in [1.29, 1.82) is 5.26 Å². The van der Waals surface area contributed by atoms with Gasteiger partial charge in [-0.3, -0.25) is 9.59 Å². The lowest BCUT2D eigenvalue weighted by Gasteiger charge is -2.27. The molecule has 4 rings (SSSR count). The number of carbonyl (C=O) groups is 2. The van der Waals surface area contributed by atoms with E-state index in [2.05, 4.69) is 16.4 Å². The Morgan fingerprint density at radius 1 is 1.26 bits per heavy atom. The number of nitrogens with one attached hydrogen (secondary N) is 1. The van der Waals surface area contributed by atoms with E-state index in [-0.39, 0.29) is 11.8 Å². The molecular weight excluding hydrogens is 410 g/mol. The summed E-state index contributed by atoms with van der Waals surface area (Å²) >= 11 is 1.45. The van der Waals surface area contributed by atoms with Crippen LogP contribution in [0.5, 0.6) is 0 Å². The SMILES string of the molecule is N#Cc1c(NC(=O)CCC2CCCCC2)sc2c1CCN(C(=O)CCn1ccnc1)C2. The molecule has 2 aromatic rings. The first kappa shape index (κ1) is 21.6. The lowest BCUT2D eigenvalue weighted by Crippen LogP contribution is -2.35. The fourth-order valence-corrected chi connectivity index (χ4v) is 5.85. The number of aryl methyl sites for hydroxylation is 1. The first-order valence-electron chi connectivity index (χ1n) is 11.2. The first-order chi connectivity index (χ1) is 15.1. The average molecular weight is 440 g/mol. The molecule has 2 amide bonds. The summed E-state index contributed by atoms with van der Waals surface area (Å²) in [6.45, 7) is 1.73. The van der Waals surface area contributed by atoms with Gasteiger partial charge in [-0.2, -0.15) is 5.26 Å². The van der Waals surface area contributed by atoms with Gasteiger partial charge in [0.2, 0.25) is 11.8 Å². The van der Waals surface area contributed by atoms with Crippen LogP contribution in [0, 0.1) is 17.2 Å². The number of rotatable bonds is 7. The molecule has 0 aromatic carbocycles. The largest absolute Gasteiger partial charge is 0.337 e. The number of anilines is 1. The number of nitriles is 1. The van der Waals surface area contributed by atoms with Gasteiger partial charge in [0.25, 0.3) is 0 Å². The molecule has 7 nitrogen and oxygen atoms in total. The quantitative estimate of drug-likeness (QED) is 0.703. The molecule has 0 atom stereocenters. The number of carbonyl (C=O) groups excluding carboxylic acids is 2. The maximum absolute atomic E-state index is 12.6. The third-order valence-corrected chi connectivity index (χ3v) is 7.55. The van der Waals surface area contributed by atoms with Gasteiger partial charge in [-0.05, 0) is 24.3 Å². The molecule has 31 heavy (non-hydrogen) atoms. The number of imidazole rings is 1. The van der Waals surface area contributed by atoms with Crippen LogP contribution in [0.3, 0.4) is 0 Å². The van der Waals surface area contributed by atoms with Crippen LogP contribution >= 0.6 is 11.3 Å². The molecule has 164 valence electrons. The molecule has 1 saturated carbocycles. The lowest BCUT2D eigenvalue weighted by molar-refractivity contribution is -0.132. The monoisotopic (exact) mass is 439 g/mol. The van der Waals surface area contributed by atoms with E-state index < -0.39 is 0 Å². The normalized spacial score (nSPS) is 16.5. The van der Waals surface area contributed by atoms with Crippen LogP contribution in [-0.2, 0) is 29.1 Å². The second-order valence-corrected chi connectivity index (χ2v) is 9.63. The Bertz CT molecular complexity index is 954. The van der Waals surface area contributed by atoms with Gasteiger partial charge < -0.3 is 14.8 Å². The maximum atomic E-state index is 12.6. The third kappa shape index (κ3) is 5.34. The number of aromatic nitrogens is 2. The van der Waals surface area contributed by atoms with Crippen LogP contribution in [0.15, 0.2) is 18.7 Å².